The Hall–Kier alpha value is -1.92. The summed E-state index contributed by atoms with van der Waals surface area (Å²) in [5.74, 6) is -0.0564. The Kier molecular flexibility index (Phi) is 5.16. The summed E-state index contributed by atoms with van der Waals surface area (Å²) in [6, 6.07) is 9.92. The van der Waals surface area contributed by atoms with E-state index in [4.69, 9.17) is 4.74 Å². The number of nitrogens with zero attached hydrogens (tertiary/aromatic N) is 2. The molecule has 6 nitrogen and oxygen atoms in total. The molecule has 1 spiro atoms. The normalized spacial score (nSPS) is 20.2. The number of piperidine rings is 1. The zero-order chi connectivity index (χ0) is 17.0. The van der Waals surface area contributed by atoms with Gasteiger partial charge in [0.25, 0.3) is 5.91 Å². The monoisotopic (exact) mass is 331 g/mol. The van der Waals surface area contributed by atoms with E-state index in [0.717, 1.165) is 19.5 Å². The van der Waals surface area contributed by atoms with Crippen LogP contribution >= 0.6 is 0 Å². The number of ether oxygens (including phenoxy) is 1. The van der Waals surface area contributed by atoms with Crippen molar-refractivity contribution >= 4 is 11.9 Å². The maximum absolute atomic E-state index is 13.0. The summed E-state index contributed by atoms with van der Waals surface area (Å²) in [5, 5.41) is 3.29. The van der Waals surface area contributed by atoms with Crippen molar-refractivity contribution in [2.24, 2.45) is 0 Å². The Labute approximate surface area is 142 Å². The van der Waals surface area contributed by atoms with Gasteiger partial charge in [0.15, 0.2) is 0 Å². The van der Waals surface area contributed by atoms with E-state index in [0.29, 0.717) is 32.5 Å². The minimum atomic E-state index is -0.676. The van der Waals surface area contributed by atoms with E-state index >= 15 is 0 Å². The third-order valence-electron chi connectivity index (χ3n) is 5.04. The first kappa shape index (κ1) is 16.9. The Bertz CT molecular complexity index is 584. The number of benzene rings is 1. The van der Waals surface area contributed by atoms with Crippen LogP contribution < -0.4 is 5.32 Å². The van der Waals surface area contributed by atoms with E-state index in [1.54, 1.807) is 12.0 Å². The Balaban J connectivity index is 1.80. The van der Waals surface area contributed by atoms with Crippen LogP contribution in [0.2, 0.25) is 0 Å². The van der Waals surface area contributed by atoms with Gasteiger partial charge in [0.1, 0.15) is 5.54 Å². The second kappa shape index (κ2) is 7.32. The number of methoxy groups -OCH3 is 1. The van der Waals surface area contributed by atoms with Crippen LogP contribution in [-0.2, 0) is 16.0 Å². The van der Waals surface area contributed by atoms with Crippen molar-refractivity contribution in [1.82, 2.24) is 15.1 Å². The summed E-state index contributed by atoms with van der Waals surface area (Å²) in [6.07, 6.45) is 2.11. The van der Waals surface area contributed by atoms with Crippen LogP contribution in [0, 0.1) is 0 Å². The quantitative estimate of drug-likeness (QED) is 0.797. The molecule has 0 unspecified atom stereocenters. The zero-order valence-electron chi connectivity index (χ0n) is 14.2. The van der Waals surface area contributed by atoms with Gasteiger partial charge in [-0.25, -0.2) is 4.79 Å². The lowest BCUT2D eigenvalue weighted by molar-refractivity contribution is -0.134. The molecule has 0 saturated carbocycles. The van der Waals surface area contributed by atoms with Crippen LogP contribution in [0.25, 0.3) is 0 Å². The summed E-state index contributed by atoms with van der Waals surface area (Å²) in [4.78, 5) is 29.1. The first-order valence-electron chi connectivity index (χ1n) is 8.56. The van der Waals surface area contributed by atoms with Crippen LogP contribution in [0.4, 0.5) is 4.79 Å². The molecule has 2 heterocycles. The van der Waals surface area contributed by atoms with Gasteiger partial charge in [-0.1, -0.05) is 30.3 Å². The van der Waals surface area contributed by atoms with Crippen molar-refractivity contribution < 1.29 is 14.3 Å². The first-order valence-corrected chi connectivity index (χ1v) is 8.56. The fourth-order valence-electron chi connectivity index (χ4n) is 3.68. The maximum Gasteiger partial charge on any atom is 0.327 e. The number of hydrogen-bond acceptors (Lipinski definition) is 4. The minimum absolute atomic E-state index is 0.0564. The summed E-state index contributed by atoms with van der Waals surface area (Å²) in [6.45, 7) is 2.79. The molecule has 1 aromatic carbocycles. The van der Waals surface area contributed by atoms with Crippen LogP contribution in [0.1, 0.15) is 18.4 Å². The molecule has 2 fully saturated rings. The summed E-state index contributed by atoms with van der Waals surface area (Å²) >= 11 is 0. The predicted octanol–water partition coefficient (Wildman–Crippen LogP) is 1.26. The third-order valence-corrected chi connectivity index (χ3v) is 5.04. The molecule has 0 atom stereocenters. The number of nitrogens with one attached hydrogen (secondary N) is 1. The van der Waals surface area contributed by atoms with Crippen molar-refractivity contribution in [2.75, 3.05) is 39.9 Å². The molecular formula is C18H25N3O3. The van der Waals surface area contributed by atoms with E-state index in [-0.39, 0.29) is 11.9 Å². The van der Waals surface area contributed by atoms with Gasteiger partial charge in [-0.15, -0.1) is 0 Å². The average Bonchev–Trinajstić information content (AvgIpc) is 2.80. The lowest BCUT2D eigenvalue weighted by atomic mass is 9.86. The predicted molar refractivity (Wildman–Crippen MR) is 90.7 cm³/mol. The number of rotatable bonds is 6. The number of hydrogen-bond donors (Lipinski definition) is 1. The topological polar surface area (TPSA) is 61.9 Å². The molecule has 3 amide bonds. The van der Waals surface area contributed by atoms with Gasteiger partial charge in [-0.3, -0.25) is 9.69 Å². The smallest absolute Gasteiger partial charge is 0.327 e. The van der Waals surface area contributed by atoms with E-state index in [1.165, 1.54) is 10.5 Å². The molecule has 2 aliphatic rings. The molecule has 130 valence electrons. The highest BCUT2D eigenvalue weighted by molar-refractivity contribution is 6.07. The molecule has 0 aliphatic carbocycles. The van der Waals surface area contributed by atoms with Gasteiger partial charge in [0.05, 0.1) is 13.2 Å². The molecule has 2 aliphatic heterocycles. The molecule has 3 rings (SSSR count). The fraction of sp³-hybridized carbons (Fsp3) is 0.556. The van der Waals surface area contributed by atoms with Crippen LogP contribution in [-0.4, -0.2) is 67.2 Å². The summed E-state index contributed by atoms with van der Waals surface area (Å²) in [5.41, 5.74) is 0.502. The minimum Gasteiger partial charge on any atom is -0.383 e. The van der Waals surface area contributed by atoms with Gasteiger partial charge in [0, 0.05) is 13.7 Å². The number of carbonyl (C=O) groups excluding carboxylic acids is 2. The second-order valence-corrected chi connectivity index (χ2v) is 6.40. The lowest BCUT2D eigenvalue weighted by Gasteiger charge is -2.38. The van der Waals surface area contributed by atoms with Crippen LogP contribution in [0.15, 0.2) is 30.3 Å². The molecule has 6 heteroatoms. The van der Waals surface area contributed by atoms with E-state index in [2.05, 4.69) is 17.4 Å². The highest BCUT2D eigenvalue weighted by Crippen LogP contribution is 2.35. The maximum atomic E-state index is 13.0. The van der Waals surface area contributed by atoms with Crippen molar-refractivity contribution in [1.29, 1.82) is 0 Å². The molecule has 2 saturated heterocycles. The molecule has 1 N–H and O–H groups in total. The number of amides is 3. The standard InChI is InChI=1S/C18H25N3O3/c1-24-14-13-20-16(22)18(8-10-19-11-9-18)21(17(20)23)12-7-15-5-3-2-4-6-15/h2-6,19H,7-14H2,1H3. The van der Waals surface area contributed by atoms with Gasteiger partial charge >= 0.3 is 6.03 Å². The molecule has 0 bridgehead atoms. The van der Waals surface area contributed by atoms with Gasteiger partial charge in [-0.2, -0.15) is 0 Å². The van der Waals surface area contributed by atoms with Crippen molar-refractivity contribution in [2.45, 2.75) is 24.8 Å². The van der Waals surface area contributed by atoms with E-state index < -0.39 is 5.54 Å². The van der Waals surface area contributed by atoms with E-state index in [1.807, 2.05) is 18.2 Å². The Morgan fingerprint density at radius 2 is 1.83 bits per heavy atom. The Morgan fingerprint density at radius 3 is 2.50 bits per heavy atom. The van der Waals surface area contributed by atoms with Gasteiger partial charge < -0.3 is 15.0 Å². The Morgan fingerprint density at radius 1 is 1.12 bits per heavy atom. The lowest BCUT2D eigenvalue weighted by Crippen LogP contribution is -2.56. The molecular weight excluding hydrogens is 306 g/mol. The first-order chi connectivity index (χ1) is 11.7. The van der Waals surface area contributed by atoms with E-state index in [9.17, 15) is 9.59 Å². The zero-order valence-corrected chi connectivity index (χ0v) is 14.2. The van der Waals surface area contributed by atoms with Crippen LogP contribution in [0.3, 0.4) is 0 Å². The van der Waals surface area contributed by atoms with Gasteiger partial charge in [0.2, 0.25) is 0 Å². The second-order valence-electron chi connectivity index (χ2n) is 6.40. The fourth-order valence-corrected chi connectivity index (χ4v) is 3.68. The van der Waals surface area contributed by atoms with Crippen molar-refractivity contribution in [3.8, 4) is 0 Å². The summed E-state index contributed by atoms with van der Waals surface area (Å²) in [7, 11) is 1.58. The highest BCUT2D eigenvalue weighted by Gasteiger charge is 2.56. The van der Waals surface area contributed by atoms with Crippen molar-refractivity contribution in [3.63, 3.8) is 0 Å². The molecule has 1 aromatic rings. The number of carbonyl (C=O) groups is 2. The number of urea groups is 1. The van der Waals surface area contributed by atoms with Crippen molar-refractivity contribution in [3.05, 3.63) is 35.9 Å². The van der Waals surface area contributed by atoms with Crippen LogP contribution in [0.5, 0.6) is 0 Å². The largest absolute Gasteiger partial charge is 0.383 e. The molecule has 0 aromatic heterocycles. The molecule has 0 radical (unpaired) electrons. The summed E-state index contributed by atoms with van der Waals surface area (Å²) < 4.78 is 5.06. The SMILES string of the molecule is COCCN1C(=O)N(CCc2ccccc2)C2(CCNCC2)C1=O. The highest BCUT2D eigenvalue weighted by atomic mass is 16.5. The molecule has 24 heavy (non-hydrogen) atoms. The number of imide groups is 1. The van der Waals surface area contributed by atoms with Gasteiger partial charge in [-0.05, 0) is 37.9 Å². The third kappa shape index (κ3) is 3.03. The average molecular weight is 331 g/mol.